The van der Waals surface area contributed by atoms with Gasteiger partial charge in [-0.05, 0) is 46.6 Å². The van der Waals surface area contributed by atoms with Crippen LogP contribution in [-0.4, -0.2) is 57.1 Å². The molecule has 1 N–H and O–H groups in total. The number of nitrogens with zero attached hydrogens (tertiary/aromatic N) is 2. The summed E-state index contributed by atoms with van der Waals surface area (Å²) in [6, 6.07) is 9.33. The molecule has 20 heavy (non-hydrogen) atoms. The molecule has 0 saturated carbocycles. The Hall–Kier alpha value is -0.900. The number of hydrogen-bond donors (Lipinski definition) is 1. The highest BCUT2D eigenvalue weighted by molar-refractivity contribution is 5.24. The van der Waals surface area contributed by atoms with Crippen LogP contribution in [0.4, 0.5) is 0 Å². The van der Waals surface area contributed by atoms with Crippen LogP contribution in [0.2, 0.25) is 0 Å². The summed E-state index contributed by atoms with van der Waals surface area (Å²) in [4.78, 5) is 4.64. The van der Waals surface area contributed by atoms with Crippen molar-refractivity contribution in [1.82, 2.24) is 15.1 Å². The van der Waals surface area contributed by atoms with E-state index in [4.69, 9.17) is 0 Å². The maximum atomic E-state index is 3.67. The molecule has 114 valence electrons. The van der Waals surface area contributed by atoms with Crippen LogP contribution in [0.1, 0.15) is 30.5 Å². The zero-order valence-corrected chi connectivity index (χ0v) is 13.8. The topological polar surface area (TPSA) is 18.5 Å². The van der Waals surface area contributed by atoms with E-state index >= 15 is 0 Å². The second-order valence-corrected chi connectivity index (χ2v) is 5.98. The van der Waals surface area contributed by atoms with E-state index in [1.165, 1.54) is 17.5 Å². The van der Waals surface area contributed by atoms with Crippen molar-refractivity contribution < 1.29 is 0 Å². The van der Waals surface area contributed by atoms with Crippen LogP contribution < -0.4 is 5.32 Å². The quantitative estimate of drug-likeness (QED) is 0.748. The molecule has 0 amide bonds. The Morgan fingerprint density at radius 3 is 2.25 bits per heavy atom. The average Bonchev–Trinajstić information content (AvgIpc) is 2.42. The predicted octanol–water partition coefficient (Wildman–Crippen LogP) is 2.53. The van der Waals surface area contributed by atoms with Crippen molar-refractivity contribution in [2.75, 3.05) is 47.3 Å². The summed E-state index contributed by atoms with van der Waals surface area (Å²) >= 11 is 0. The number of nitrogens with one attached hydrogen (secondary N) is 1. The fraction of sp³-hybridized carbons (Fsp3) is 0.647. The number of benzene rings is 1. The van der Waals surface area contributed by atoms with Gasteiger partial charge in [0.15, 0.2) is 0 Å². The van der Waals surface area contributed by atoms with Crippen LogP contribution in [0.3, 0.4) is 0 Å². The summed E-state index contributed by atoms with van der Waals surface area (Å²) in [5.74, 6) is 0. The number of likely N-dealkylation sites (N-methyl/N-ethyl adjacent to an activating group) is 2. The van der Waals surface area contributed by atoms with Crippen molar-refractivity contribution in [3.05, 3.63) is 35.4 Å². The van der Waals surface area contributed by atoms with Crippen molar-refractivity contribution in [3.63, 3.8) is 0 Å². The van der Waals surface area contributed by atoms with Crippen LogP contribution >= 0.6 is 0 Å². The van der Waals surface area contributed by atoms with E-state index in [1.54, 1.807) is 0 Å². The van der Waals surface area contributed by atoms with Crippen LogP contribution in [-0.2, 0) is 0 Å². The molecule has 1 rings (SSSR count). The van der Waals surface area contributed by atoms with Gasteiger partial charge in [0.25, 0.3) is 0 Å². The number of aryl methyl sites for hydroxylation is 1. The largest absolute Gasteiger partial charge is 0.309 e. The maximum absolute atomic E-state index is 3.67. The van der Waals surface area contributed by atoms with Crippen LogP contribution in [0.25, 0.3) is 0 Å². The molecule has 0 bridgehead atoms. The lowest BCUT2D eigenvalue weighted by Crippen LogP contribution is -2.36. The Labute approximate surface area is 125 Å². The molecule has 0 aromatic heterocycles. The summed E-state index contributed by atoms with van der Waals surface area (Å²) in [5, 5.41) is 3.67. The number of rotatable bonds is 9. The Balaban J connectivity index is 2.61. The molecule has 0 radical (unpaired) electrons. The SMILES string of the molecule is CCCNC(CN(C)CCN(C)C)c1ccc(C)cc1. The third kappa shape index (κ3) is 6.51. The summed E-state index contributed by atoms with van der Waals surface area (Å²) in [7, 11) is 6.46. The van der Waals surface area contributed by atoms with Crippen molar-refractivity contribution in [2.24, 2.45) is 0 Å². The Kier molecular flexibility index (Phi) is 7.82. The molecular weight excluding hydrogens is 246 g/mol. The first-order valence-electron chi connectivity index (χ1n) is 7.66. The van der Waals surface area contributed by atoms with Gasteiger partial charge in [0.2, 0.25) is 0 Å². The summed E-state index contributed by atoms with van der Waals surface area (Å²) < 4.78 is 0. The van der Waals surface area contributed by atoms with Crippen molar-refractivity contribution in [3.8, 4) is 0 Å². The van der Waals surface area contributed by atoms with Gasteiger partial charge in [-0.1, -0.05) is 36.8 Å². The molecule has 0 aliphatic rings. The van der Waals surface area contributed by atoms with Gasteiger partial charge in [-0.25, -0.2) is 0 Å². The number of hydrogen-bond acceptors (Lipinski definition) is 3. The maximum Gasteiger partial charge on any atom is 0.0449 e. The fourth-order valence-corrected chi connectivity index (χ4v) is 2.18. The minimum Gasteiger partial charge on any atom is -0.309 e. The minimum absolute atomic E-state index is 0.419. The Bertz CT molecular complexity index is 359. The first-order chi connectivity index (χ1) is 9.52. The molecule has 1 aromatic carbocycles. The molecule has 0 fully saturated rings. The molecule has 1 aromatic rings. The van der Waals surface area contributed by atoms with E-state index in [0.29, 0.717) is 6.04 Å². The van der Waals surface area contributed by atoms with E-state index in [-0.39, 0.29) is 0 Å². The molecule has 1 unspecified atom stereocenters. The predicted molar refractivity (Wildman–Crippen MR) is 88.3 cm³/mol. The molecule has 3 nitrogen and oxygen atoms in total. The average molecular weight is 277 g/mol. The van der Waals surface area contributed by atoms with E-state index in [0.717, 1.165) is 26.2 Å². The first-order valence-corrected chi connectivity index (χ1v) is 7.66. The van der Waals surface area contributed by atoms with E-state index < -0.39 is 0 Å². The summed E-state index contributed by atoms with van der Waals surface area (Å²) in [6.45, 7) is 8.68. The lowest BCUT2D eigenvalue weighted by Gasteiger charge is -2.26. The highest BCUT2D eigenvalue weighted by Crippen LogP contribution is 2.15. The smallest absolute Gasteiger partial charge is 0.0449 e. The lowest BCUT2D eigenvalue weighted by molar-refractivity contribution is 0.256. The lowest BCUT2D eigenvalue weighted by atomic mass is 10.0. The highest BCUT2D eigenvalue weighted by atomic mass is 15.2. The monoisotopic (exact) mass is 277 g/mol. The van der Waals surface area contributed by atoms with Gasteiger partial charge in [0.1, 0.15) is 0 Å². The van der Waals surface area contributed by atoms with Crippen molar-refractivity contribution in [1.29, 1.82) is 0 Å². The van der Waals surface area contributed by atoms with Crippen LogP contribution in [0.5, 0.6) is 0 Å². The first kappa shape index (κ1) is 17.2. The molecule has 3 heteroatoms. The molecule has 0 spiro atoms. The van der Waals surface area contributed by atoms with Gasteiger partial charge in [-0.2, -0.15) is 0 Å². The minimum atomic E-state index is 0.419. The van der Waals surface area contributed by atoms with E-state index in [9.17, 15) is 0 Å². The summed E-state index contributed by atoms with van der Waals surface area (Å²) in [6.07, 6.45) is 1.17. The van der Waals surface area contributed by atoms with Gasteiger partial charge in [-0.3, -0.25) is 0 Å². The third-order valence-corrected chi connectivity index (χ3v) is 3.54. The third-order valence-electron chi connectivity index (χ3n) is 3.54. The molecule has 0 aliphatic heterocycles. The van der Waals surface area contributed by atoms with Crippen LogP contribution in [0, 0.1) is 6.92 Å². The normalized spacial score (nSPS) is 13.2. The van der Waals surface area contributed by atoms with Gasteiger partial charge in [0.05, 0.1) is 0 Å². The molecular formula is C17H31N3. The Morgan fingerprint density at radius 1 is 1.05 bits per heavy atom. The second-order valence-electron chi connectivity index (χ2n) is 5.98. The van der Waals surface area contributed by atoms with Crippen molar-refractivity contribution >= 4 is 0 Å². The van der Waals surface area contributed by atoms with E-state index in [1.807, 2.05) is 0 Å². The standard InChI is InChI=1S/C17H31N3/c1-6-11-18-17(14-20(5)13-12-19(3)4)16-9-7-15(2)8-10-16/h7-10,17-18H,6,11-14H2,1-5H3. The zero-order chi connectivity index (χ0) is 15.0. The second kappa shape index (κ2) is 9.11. The molecule has 0 heterocycles. The fourth-order valence-electron chi connectivity index (χ4n) is 2.18. The summed E-state index contributed by atoms with van der Waals surface area (Å²) in [5.41, 5.74) is 2.71. The highest BCUT2D eigenvalue weighted by Gasteiger charge is 2.13. The van der Waals surface area contributed by atoms with Gasteiger partial charge in [0, 0.05) is 25.7 Å². The van der Waals surface area contributed by atoms with Crippen molar-refractivity contribution in [2.45, 2.75) is 26.3 Å². The zero-order valence-electron chi connectivity index (χ0n) is 13.8. The van der Waals surface area contributed by atoms with E-state index in [2.05, 4.69) is 74.4 Å². The Morgan fingerprint density at radius 2 is 1.70 bits per heavy atom. The van der Waals surface area contributed by atoms with Gasteiger partial charge >= 0.3 is 0 Å². The van der Waals surface area contributed by atoms with Gasteiger partial charge < -0.3 is 15.1 Å². The molecule has 0 aliphatic carbocycles. The van der Waals surface area contributed by atoms with Crippen LogP contribution in [0.15, 0.2) is 24.3 Å². The molecule has 0 saturated heterocycles. The molecule has 1 atom stereocenters. The van der Waals surface area contributed by atoms with Gasteiger partial charge in [-0.15, -0.1) is 0 Å².